The number of carbonyl (C=O) groups excluding carboxylic acids is 1. The third-order valence-electron chi connectivity index (χ3n) is 4.78. The fraction of sp³-hybridized carbons (Fsp3) is 0.611. The van der Waals surface area contributed by atoms with Gasteiger partial charge in [0.2, 0.25) is 5.91 Å². The molecule has 1 N–H and O–H groups in total. The highest BCUT2D eigenvalue weighted by Crippen LogP contribution is 2.48. The van der Waals surface area contributed by atoms with Crippen molar-refractivity contribution in [2.75, 3.05) is 32.7 Å². The van der Waals surface area contributed by atoms with Gasteiger partial charge in [-0.2, -0.15) is 0 Å². The van der Waals surface area contributed by atoms with E-state index >= 15 is 0 Å². The predicted octanol–water partition coefficient (Wildman–Crippen LogP) is 1.62. The molecule has 0 unspecified atom stereocenters. The van der Waals surface area contributed by atoms with Gasteiger partial charge in [-0.05, 0) is 31.7 Å². The molecule has 3 atom stereocenters. The van der Waals surface area contributed by atoms with Crippen LogP contribution in [0.15, 0.2) is 24.3 Å². The molecule has 0 spiro atoms. The maximum Gasteiger partial charge on any atom is 0.226 e. The highest BCUT2D eigenvalue weighted by molar-refractivity contribution is 5.83. The van der Waals surface area contributed by atoms with Gasteiger partial charge in [0.15, 0.2) is 0 Å². The van der Waals surface area contributed by atoms with E-state index < -0.39 is 0 Å². The van der Waals surface area contributed by atoms with Crippen molar-refractivity contribution in [2.45, 2.75) is 32.3 Å². The van der Waals surface area contributed by atoms with Crippen LogP contribution >= 0.6 is 0 Å². The van der Waals surface area contributed by atoms with Crippen LogP contribution in [0, 0.1) is 12.8 Å². The second kappa shape index (κ2) is 6.39. The van der Waals surface area contributed by atoms with Crippen LogP contribution < -0.4 is 0 Å². The van der Waals surface area contributed by atoms with E-state index in [0.717, 1.165) is 32.6 Å². The summed E-state index contributed by atoms with van der Waals surface area (Å²) in [7, 11) is 0. The Morgan fingerprint density at radius 3 is 2.68 bits per heavy atom. The predicted molar refractivity (Wildman–Crippen MR) is 86.7 cm³/mol. The SMILES string of the molecule is Cc1cccc([C@@H]2C[C@@H]2C(=O)N2CCN(C[C@@H](C)O)CC2)c1. The minimum Gasteiger partial charge on any atom is -0.392 e. The number of amides is 1. The molecule has 2 aliphatic rings. The highest BCUT2D eigenvalue weighted by atomic mass is 16.3. The van der Waals surface area contributed by atoms with E-state index in [0.29, 0.717) is 18.4 Å². The molecule has 3 rings (SSSR count). The summed E-state index contributed by atoms with van der Waals surface area (Å²) in [5.74, 6) is 0.927. The van der Waals surface area contributed by atoms with Gasteiger partial charge in [0.05, 0.1) is 6.10 Å². The third kappa shape index (κ3) is 3.50. The maximum absolute atomic E-state index is 12.6. The quantitative estimate of drug-likeness (QED) is 0.919. The number of hydrogen-bond donors (Lipinski definition) is 1. The molecule has 4 nitrogen and oxygen atoms in total. The molecule has 1 aromatic carbocycles. The van der Waals surface area contributed by atoms with Crippen LogP contribution in [-0.2, 0) is 4.79 Å². The van der Waals surface area contributed by atoms with Gasteiger partial charge in [-0.15, -0.1) is 0 Å². The Kier molecular flexibility index (Phi) is 4.50. The Balaban J connectivity index is 1.52. The number of aliphatic hydroxyl groups is 1. The standard InChI is InChI=1S/C18H26N2O2/c1-13-4-3-5-15(10-13)16-11-17(16)18(22)20-8-6-19(7-9-20)12-14(2)21/h3-5,10,14,16-17,21H,6-9,11-12H2,1-2H3/t14-,16+,17+/m1/s1. The summed E-state index contributed by atoms with van der Waals surface area (Å²) in [4.78, 5) is 16.9. The van der Waals surface area contributed by atoms with E-state index in [9.17, 15) is 9.90 Å². The summed E-state index contributed by atoms with van der Waals surface area (Å²) in [6, 6.07) is 8.54. The van der Waals surface area contributed by atoms with Crippen molar-refractivity contribution in [3.05, 3.63) is 35.4 Å². The molecule has 0 aromatic heterocycles. The Labute approximate surface area is 132 Å². The number of β-amino-alcohol motifs (C(OH)–C–C–N with tert-alkyl or cyclic N) is 1. The van der Waals surface area contributed by atoms with Crippen molar-refractivity contribution in [2.24, 2.45) is 5.92 Å². The monoisotopic (exact) mass is 302 g/mol. The van der Waals surface area contributed by atoms with Crippen LogP contribution in [-0.4, -0.2) is 59.6 Å². The first-order chi connectivity index (χ1) is 10.5. The number of rotatable bonds is 4. The number of aryl methyl sites for hydroxylation is 1. The average Bonchev–Trinajstić information content (AvgIpc) is 3.27. The van der Waals surface area contributed by atoms with Crippen molar-refractivity contribution in [3.8, 4) is 0 Å². The summed E-state index contributed by atoms with van der Waals surface area (Å²) >= 11 is 0. The zero-order valence-electron chi connectivity index (χ0n) is 13.5. The normalized spacial score (nSPS) is 26.8. The largest absolute Gasteiger partial charge is 0.392 e. The molecule has 22 heavy (non-hydrogen) atoms. The molecular formula is C18H26N2O2. The van der Waals surface area contributed by atoms with Gasteiger partial charge in [0.25, 0.3) is 0 Å². The van der Waals surface area contributed by atoms with Gasteiger partial charge >= 0.3 is 0 Å². The Morgan fingerprint density at radius 2 is 2.05 bits per heavy atom. The highest BCUT2D eigenvalue weighted by Gasteiger charge is 2.46. The molecule has 1 aliphatic heterocycles. The second-order valence-corrected chi connectivity index (χ2v) is 6.84. The van der Waals surface area contributed by atoms with Crippen LogP contribution in [0.3, 0.4) is 0 Å². The molecule has 1 saturated heterocycles. The maximum atomic E-state index is 12.6. The molecule has 2 fully saturated rings. The van der Waals surface area contributed by atoms with Gasteiger partial charge in [0, 0.05) is 38.6 Å². The van der Waals surface area contributed by atoms with Crippen molar-refractivity contribution < 1.29 is 9.90 Å². The van der Waals surface area contributed by atoms with E-state index in [1.807, 2.05) is 11.8 Å². The summed E-state index contributed by atoms with van der Waals surface area (Å²) in [6.07, 6.45) is 0.701. The zero-order valence-corrected chi connectivity index (χ0v) is 13.5. The van der Waals surface area contributed by atoms with E-state index in [2.05, 4.69) is 36.1 Å². The summed E-state index contributed by atoms with van der Waals surface area (Å²) in [5, 5.41) is 9.44. The molecule has 1 heterocycles. The third-order valence-corrected chi connectivity index (χ3v) is 4.78. The van der Waals surface area contributed by atoms with Crippen molar-refractivity contribution in [1.82, 2.24) is 9.80 Å². The summed E-state index contributed by atoms with van der Waals surface area (Å²) in [5.41, 5.74) is 2.58. The minimum absolute atomic E-state index is 0.185. The first-order valence-corrected chi connectivity index (χ1v) is 8.30. The molecule has 0 bridgehead atoms. The summed E-state index contributed by atoms with van der Waals surface area (Å²) < 4.78 is 0. The topological polar surface area (TPSA) is 43.8 Å². The number of piperazine rings is 1. The fourth-order valence-electron chi connectivity index (χ4n) is 3.50. The van der Waals surface area contributed by atoms with Crippen molar-refractivity contribution in [3.63, 3.8) is 0 Å². The first kappa shape index (κ1) is 15.5. The number of benzene rings is 1. The molecule has 120 valence electrons. The Bertz CT molecular complexity index is 536. The lowest BCUT2D eigenvalue weighted by molar-refractivity contribution is -0.134. The Hall–Kier alpha value is -1.39. The molecule has 1 aliphatic carbocycles. The lowest BCUT2D eigenvalue weighted by Crippen LogP contribution is -2.50. The van der Waals surface area contributed by atoms with E-state index in [1.54, 1.807) is 0 Å². The van der Waals surface area contributed by atoms with Crippen LogP contribution in [0.1, 0.15) is 30.4 Å². The molecule has 4 heteroatoms. The molecular weight excluding hydrogens is 276 g/mol. The molecule has 0 radical (unpaired) electrons. The van der Waals surface area contributed by atoms with Crippen LogP contribution in [0.2, 0.25) is 0 Å². The smallest absolute Gasteiger partial charge is 0.226 e. The summed E-state index contributed by atoms with van der Waals surface area (Å²) in [6.45, 7) is 7.96. The second-order valence-electron chi connectivity index (χ2n) is 6.84. The molecule has 1 saturated carbocycles. The zero-order chi connectivity index (χ0) is 15.7. The van der Waals surface area contributed by atoms with Gasteiger partial charge < -0.3 is 10.0 Å². The Morgan fingerprint density at radius 1 is 1.32 bits per heavy atom. The fourth-order valence-corrected chi connectivity index (χ4v) is 3.50. The van der Waals surface area contributed by atoms with Crippen LogP contribution in [0.25, 0.3) is 0 Å². The number of carbonyl (C=O) groups is 1. The van der Waals surface area contributed by atoms with Crippen molar-refractivity contribution >= 4 is 5.91 Å². The van der Waals surface area contributed by atoms with Crippen molar-refractivity contribution in [1.29, 1.82) is 0 Å². The number of hydrogen-bond acceptors (Lipinski definition) is 3. The van der Waals surface area contributed by atoms with Gasteiger partial charge in [-0.1, -0.05) is 29.8 Å². The van der Waals surface area contributed by atoms with Gasteiger partial charge in [0.1, 0.15) is 0 Å². The lowest BCUT2D eigenvalue weighted by atomic mass is 10.1. The number of aliphatic hydroxyl groups excluding tert-OH is 1. The van der Waals surface area contributed by atoms with Gasteiger partial charge in [-0.3, -0.25) is 9.69 Å². The van der Waals surface area contributed by atoms with Crippen LogP contribution in [0.4, 0.5) is 0 Å². The molecule has 1 aromatic rings. The first-order valence-electron chi connectivity index (χ1n) is 8.30. The van der Waals surface area contributed by atoms with E-state index in [4.69, 9.17) is 0 Å². The van der Waals surface area contributed by atoms with Crippen LogP contribution in [0.5, 0.6) is 0 Å². The van der Waals surface area contributed by atoms with E-state index in [1.165, 1.54) is 11.1 Å². The minimum atomic E-state index is -0.295. The van der Waals surface area contributed by atoms with E-state index in [-0.39, 0.29) is 12.0 Å². The van der Waals surface area contributed by atoms with Gasteiger partial charge in [-0.25, -0.2) is 0 Å². The number of nitrogens with zero attached hydrogens (tertiary/aromatic N) is 2. The average molecular weight is 302 g/mol. The lowest BCUT2D eigenvalue weighted by Gasteiger charge is -2.35. The molecule has 1 amide bonds.